The monoisotopic (exact) mass is 360 g/mol. The first-order valence-electron chi connectivity index (χ1n) is 7.33. The van der Waals surface area contributed by atoms with Crippen LogP contribution in [0.15, 0.2) is 64.9 Å². The lowest BCUT2D eigenvalue weighted by Gasteiger charge is -2.05. The fourth-order valence-corrected chi connectivity index (χ4v) is 4.03. The van der Waals surface area contributed by atoms with Gasteiger partial charge in [0.15, 0.2) is 0 Å². The minimum Gasteiger partial charge on any atom is -0.508 e. The number of thiazole rings is 1. The molecule has 24 heavy (non-hydrogen) atoms. The summed E-state index contributed by atoms with van der Waals surface area (Å²) in [6, 6.07) is 15.1. The summed E-state index contributed by atoms with van der Waals surface area (Å²) < 4.78 is 26.8. The summed E-state index contributed by atoms with van der Waals surface area (Å²) in [5, 5.41) is 12.1. The van der Waals surface area contributed by atoms with Gasteiger partial charge in [0.25, 0.3) is 0 Å². The third kappa shape index (κ3) is 4.00. The number of phenolic OH excluding ortho intramolecular Hbond substituents is 1. The molecular weight excluding hydrogens is 344 g/mol. The molecule has 3 rings (SSSR count). The van der Waals surface area contributed by atoms with Crippen molar-refractivity contribution >= 4 is 21.4 Å². The zero-order valence-electron chi connectivity index (χ0n) is 12.7. The molecule has 0 radical (unpaired) electrons. The quantitative estimate of drug-likeness (QED) is 0.708. The van der Waals surface area contributed by atoms with E-state index in [0.29, 0.717) is 13.0 Å². The number of rotatable bonds is 6. The van der Waals surface area contributed by atoms with E-state index in [9.17, 15) is 13.5 Å². The normalized spacial score (nSPS) is 11.5. The highest BCUT2D eigenvalue weighted by atomic mass is 32.2. The molecule has 0 unspecified atom stereocenters. The standard InChI is InChI=1S/C17H16N2O3S2/c20-14-8-6-13(7-9-14)16-12-23-17(19-16)10-11-18-24(21,22)15-4-2-1-3-5-15/h1-9,12,18,20H,10-11H2. The van der Waals surface area contributed by atoms with Crippen molar-refractivity contribution in [1.29, 1.82) is 0 Å². The van der Waals surface area contributed by atoms with Crippen LogP contribution in [-0.2, 0) is 16.4 Å². The molecule has 3 aromatic rings. The Balaban J connectivity index is 1.61. The third-order valence-electron chi connectivity index (χ3n) is 3.40. The zero-order valence-corrected chi connectivity index (χ0v) is 14.3. The summed E-state index contributed by atoms with van der Waals surface area (Å²) in [6.07, 6.45) is 0.523. The SMILES string of the molecule is O=S(=O)(NCCc1nc(-c2ccc(O)cc2)cs1)c1ccccc1. The maximum Gasteiger partial charge on any atom is 0.240 e. The van der Waals surface area contributed by atoms with Crippen LogP contribution in [-0.4, -0.2) is 25.1 Å². The van der Waals surface area contributed by atoms with E-state index in [1.807, 2.05) is 5.38 Å². The molecule has 0 bridgehead atoms. The molecule has 0 saturated heterocycles. The van der Waals surface area contributed by atoms with E-state index in [-0.39, 0.29) is 10.6 Å². The number of sulfonamides is 1. The Labute approximate surface area is 144 Å². The molecule has 1 aromatic heterocycles. The van der Waals surface area contributed by atoms with Gasteiger partial charge in [0.05, 0.1) is 15.6 Å². The van der Waals surface area contributed by atoms with Gasteiger partial charge in [-0.1, -0.05) is 18.2 Å². The topological polar surface area (TPSA) is 79.3 Å². The van der Waals surface area contributed by atoms with E-state index in [0.717, 1.165) is 16.3 Å². The molecule has 1 heterocycles. The molecule has 0 fully saturated rings. The molecule has 7 heteroatoms. The lowest BCUT2D eigenvalue weighted by atomic mass is 10.2. The first-order chi connectivity index (χ1) is 11.5. The van der Waals surface area contributed by atoms with Crippen LogP contribution in [0.4, 0.5) is 0 Å². The molecule has 0 atom stereocenters. The summed E-state index contributed by atoms with van der Waals surface area (Å²) in [4.78, 5) is 4.76. The number of aromatic nitrogens is 1. The van der Waals surface area contributed by atoms with Gasteiger partial charge in [0.1, 0.15) is 5.75 Å². The fraction of sp³-hybridized carbons (Fsp3) is 0.118. The van der Waals surface area contributed by atoms with E-state index in [4.69, 9.17) is 0 Å². The summed E-state index contributed by atoms with van der Waals surface area (Å²) in [6.45, 7) is 0.291. The number of hydrogen-bond acceptors (Lipinski definition) is 5. The van der Waals surface area contributed by atoms with Crippen LogP contribution in [0.25, 0.3) is 11.3 Å². The van der Waals surface area contributed by atoms with Crippen molar-refractivity contribution in [3.05, 3.63) is 65.0 Å². The second kappa shape index (κ2) is 7.12. The largest absolute Gasteiger partial charge is 0.508 e. The van der Waals surface area contributed by atoms with E-state index < -0.39 is 10.0 Å². The van der Waals surface area contributed by atoms with Gasteiger partial charge in [-0.15, -0.1) is 11.3 Å². The highest BCUT2D eigenvalue weighted by Gasteiger charge is 2.13. The molecule has 124 valence electrons. The molecule has 0 amide bonds. The first kappa shape index (κ1) is 16.6. The molecule has 2 N–H and O–H groups in total. The summed E-state index contributed by atoms with van der Waals surface area (Å²) in [5.74, 6) is 0.213. The predicted molar refractivity (Wildman–Crippen MR) is 94.5 cm³/mol. The van der Waals surface area contributed by atoms with E-state index in [2.05, 4.69) is 9.71 Å². The van der Waals surface area contributed by atoms with E-state index in [1.54, 1.807) is 54.6 Å². The maximum atomic E-state index is 12.1. The fourth-order valence-electron chi connectivity index (χ4n) is 2.17. The number of benzene rings is 2. The molecule has 0 aliphatic heterocycles. The number of nitrogens with one attached hydrogen (secondary N) is 1. The third-order valence-corrected chi connectivity index (χ3v) is 5.78. The predicted octanol–water partition coefficient (Wildman–Crippen LogP) is 3.04. The average molecular weight is 360 g/mol. The van der Waals surface area contributed by atoms with Crippen LogP contribution in [0.3, 0.4) is 0 Å². The smallest absolute Gasteiger partial charge is 0.240 e. The van der Waals surface area contributed by atoms with E-state index in [1.165, 1.54) is 11.3 Å². The molecule has 0 aliphatic rings. The van der Waals surface area contributed by atoms with Gasteiger partial charge >= 0.3 is 0 Å². The van der Waals surface area contributed by atoms with Gasteiger partial charge in [-0.2, -0.15) is 0 Å². The summed E-state index contributed by atoms with van der Waals surface area (Å²) in [5.41, 5.74) is 1.74. The van der Waals surface area contributed by atoms with Gasteiger partial charge in [-0.3, -0.25) is 0 Å². The second-order valence-electron chi connectivity index (χ2n) is 5.13. The minimum absolute atomic E-state index is 0.213. The second-order valence-corrected chi connectivity index (χ2v) is 7.84. The average Bonchev–Trinajstić information content (AvgIpc) is 3.05. The van der Waals surface area contributed by atoms with Crippen molar-refractivity contribution in [1.82, 2.24) is 9.71 Å². The molecule has 0 saturated carbocycles. The maximum absolute atomic E-state index is 12.1. The summed E-state index contributed by atoms with van der Waals surface area (Å²) in [7, 11) is -3.48. The van der Waals surface area contributed by atoms with Gasteiger partial charge in [-0.25, -0.2) is 18.1 Å². The Hall–Kier alpha value is -2.22. The number of hydrogen-bond donors (Lipinski definition) is 2. The first-order valence-corrected chi connectivity index (χ1v) is 9.69. The number of aromatic hydroxyl groups is 1. The van der Waals surface area contributed by atoms with Crippen LogP contribution < -0.4 is 4.72 Å². The van der Waals surface area contributed by atoms with Crippen LogP contribution in [0.1, 0.15) is 5.01 Å². The molecule has 2 aromatic carbocycles. The Morgan fingerprint density at radius 3 is 2.46 bits per heavy atom. The van der Waals surface area contributed by atoms with Gasteiger partial charge < -0.3 is 5.11 Å². The van der Waals surface area contributed by atoms with E-state index >= 15 is 0 Å². The van der Waals surface area contributed by atoms with Crippen molar-refractivity contribution in [2.75, 3.05) is 6.54 Å². The Bertz CT molecular complexity index is 905. The highest BCUT2D eigenvalue weighted by Crippen LogP contribution is 2.23. The van der Waals surface area contributed by atoms with Crippen molar-refractivity contribution in [2.24, 2.45) is 0 Å². The Morgan fingerprint density at radius 2 is 1.75 bits per heavy atom. The van der Waals surface area contributed by atoms with Gasteiger partial charge in [0, 0.05) is 23.9 Å². The number of phenols is 1. The van der Waals surface area contributed by atoms with Crippen molar-refractivity contribution in [3.63, 3.8) is 0 Å². The van der Waals surface area contributed by atoms with Crippen molar-refractivity contribution in [3.8, 4) is 17.0 Å². The van der Waals surface area contributed by atoms with Gasteiger partial charge in [-0.05, 0) is 36.4 Å². The Morgan fingerprint density at radius 1 is 1.04 bits per heavy atom. The van der Waals surface area contributed by atoms with Crippen LogP contribution in [0, 0.1) is 0 Å². The molecule has 0 spiro atoms. The summed E-state index contributed by atoms with van der Waals surface area (Å²) >= 11 is 1.49. The Kier molecular flexibility index (Phi) is 4.94. The lowest BCUT2D eigenvalue weighted by Crippen LogP contribution is -2.25. The highest BCUT2D eigenvalue weighted by molar-refractivity contribution is 7.89. The van der Waals surface area contributed by atoms with Crippen LogP contribution in [0.2, 0.25) is 0 Å². The number of nitrogens with zero attached hydrogens (tertiary/aromatic N) is 1. The molecule has 5 nitrogen and oxygen atoms in total. The lowest BCUT2D eigenvalue weighted by molar-refractivity contribution is 0.475. The van der Waals surface area contributed by atoms with Crippen LogP contribution >= 0.6 is 11.3 Å². The van der Waals surface area contributed by atoms with Gasteiger partial charge in [0.2, 0.25) is 10.0 Å². The van der Waals surface area contributed by atoms with Crippen molar-refractivity contribution in [2.45, 2.75) is 11.3 Å². The minimum atomic E-state index is -3.48. The van der Waals surface area contributed by atoms with Crippen molar-refractivity contribution < 1.29 is 13.5 Å². The van der Waals surface area contributed by atoms with Crippen LogP contribution in [0.5, 0.6) is 5.75 Å². The molecular formula is C17H16N2O3S2. The molecule has 0 aliphatic carbocycles. The zero-order chi connectivity index (χ0) is 17.0.